The summed E-state index contributed by atoms with van der Waals surface area (Å²) in [5, 5.41) is 1.70. The van der Waals surface area contributed by atoms with E-state index >= 15 is 0 Å². The summed E-state index contributed by atoms with van der Waals surface area (Å²) >= 11 is 6.15. The molecule has 23 heavy (non-hydrogen) atoms. The highest BCUT2D eigenvalue weighted by molar-refractivity contribution is 6.31. The molecule has 3 nitrogen and oxygen atoms in total. The zero-order valence-corrected chi connectivity index (χ0v) is 12.9. The summed E-state index contributed by atoms with van der Waals surface area (Å²) in [5.74, 6) is 0. The number of benzene rings is 2. The first kappa shape index (κ1) is 13.9. The number of fused-ring (bicyclic) bond motifs is 1. The Labute approximate surface area is 138 Å². The number of pyridine rings is 1. The maximum atomic E-state index is 6.15. The molecule has 2 aromatic heterocycles. The van der Waals surface area contributed by atoms with Gasteiger partial charge < -0.3 is 0 Å². The predicted octanol–water partition coefficient (Wildman–Crippen LogP) is 5.01. The van der Waals surface area contributed by atoms with Crippen LogP contribution in [-0.4, -0.2) is 15.0 Å². The van der Waals surface area contributed by atoms with Gasteiger partial charge in [-0.1, -0.05) is 48.0 Å². The van der Waals surface area contributed by atoms with Crippen LogP contribution >= 0.6 is 11.6 Å². The maximum absolute atomic E-state index is 6.15. The summed E-state index contributed by atoms with van der Waals surface area (Å²) in [6.07, 6.45) is 5.15. The molecule has 0 N–H and O–H groups in total. The summed E-state index contributed by atoms with van der Waals surface area (Å²) in [4.78, 5) is 13.0. The molecule has 2 aromatic carbocycles. The van der Waals surface area contributed by atoms with Crippen molar-refractivity contribution in [2.75, 3.05) is 0 Å². The van der Waals surface area contributed by atoms with Crippen molar-refractivity contribution in [1.29, 1.82) is 0 Å². The average molecular weight is 318 g/mol. The number of halogens is 1. The molecule has 110 valence electrons. The first-order chi connectivity index (χ1) is 11.3. The van der Waals surface area contributed by atoms with E-state index in [1.165, 1.54) is 6.33 Å². The Morgan fingerprint density at radius 3 is 2.35 bits per heavy atom. The van der Waals surface area contributed by atoms with Gasteiger partial charge in [0.2, 0.25) is 0 Å². The molecule has 0 atom stereocenters. The van der Waals surface area contributed by atoms with Crippen LogP contribution < -0.4 is 0 Å². The van der Waals surface area contributed by atoms with Crippen LogP contribution in [0.2, 0.25) is 5.02 Å². The second-order valence-corrected chi connectivity index (χ2v) is 5.65. The predicted molar refractivity (Wildman–Crippen MR) is 93.2 cm³/mol. The lowest BCUT2D eigenvalue weighted by Gasteiger charge is -2.10. The molecule has 0 spiro atoms. The van der Waals surface area contributed by atoms with Crippen LogP contribution in [0.4, 0.5) is 0 Å². The number of rotatable bonds is 2. The second kappa shape index (κ2) is 5.78. The smallest absolute Gasteiger partial charge is 0.115 e. The minimum Gasteiger partial charge on any atom is -0.248 e. The molecule has 0 amide bonds. The van der Waals surface area contributed by atoms with Gasteiger partial charge in [-0.25, -0.2) is 15.0 Å². The highest BCUT2D eigenvalue weighted by atomic mass is 35.5. The molecule has 2 heterocycles. The zero-order valence-electron chi connectivity index (χ0n) is 12.1. The van der Waals surface area contributed by atoms with Crippen LogP contribution in [0.1, 0.15) is 0 Å². The molecule has 0 aliphatic carbocycles. The van der Waals surface area contributed by atoms with Crippen molar-refractivity contribution in [3.05, 3.63) is 78.3 Å². The molecule has 4 heteroatoms. The van der Waals surface area contributed by atoms with Gasteiger partial charge in [0.1, 0.15) is 6.33 Å². The van der Waals surface area contributed by atoms with Crippen molar-refractivity contribution >= 4 is 22.5 Å². The van der Waals surface area contributed by atoms with Crippen molar-refractivity contribution in [1.82, 2.24) is 15.0 Å². The van der Waals surface area contributed by atoms with E-state index in [0.29, 0.717) is 5.02 Å². The van der Waals surface area contributed by atoms with Crippen molar-refractivity contribution < 1.29 is 0 Å². The lowest BCUT2D eigenvalue weighted by atomic mass is 10.0. The second-order valence-electron chi connectivity index (χ2n) is 5.21. The van der Waals surface area contributed by atoms with Crippen LogP contribution in [-0.2, 0) is 0 Å². The topological polar surface area (TPSA) is 38.7 Å². The van der Waals surface area contributed by atoms with E-state index < -0.39 is 0 Å². The zero-order chi connectivity index (χ0) is 15.6. The van der Waals surface area contributed by atoms with Gasteiger partial charge in [-0.05, 0) is 23.8 Å². The van der Waals surface area contributed by atoms with E-state index in [1.54, 1.807) is 0 Å². The molecule has 0 radical (unpaired) electrons. The van der Waals surface area contributed by atoms with Gasteiger partial charge in [0.25, 0.3) is 0 Å². The van der Waals surface area contributed by atoms with E-state index in [0.717, 1.165) is 33.3 Å². The number of hydrogen-bond acceptors (Lipinski definition) is 3. The Bertz CT molecular complexity index is 970. The first-order valence-corrected chi connectivity index (χ1v) is 7.60. The van der Waals surface area contributed by atoms with E-state index in [1.807, 2.05) is 60.9 Å². The highest BCUT2D eigenvalue weighted by Crippen LogP contribution is 2.32. The highest BCUT2D eigenvalue weighted by Gasteiger charge is 2.10. The molecule has 0 aliphatic rings. The SMILES string of the molecule is Clc1ccc2c(-c3cncnc3)cc(-c3ccccc3)nc2c1. The molecular formula is C19H12ClN3. The van der Waals surface area contributed by atoms with E-state index in [2.05, 4.69) is 16.0 Å². The minimum atomic E-state index is 0.672. The normalized spacial score (nSPS) is 10.8. The van der Waals surface area contributed by atoms with Gasteiger partial charge in [-0.3, -0.25) is 0 Å². The van der Waals surface area contributed by atoms with Crippen LogP contribution in [0.5, 0.6) is 0 Å². The Morgan fingerprint density at radius 2 is 1.57 bits per heavy atom. The van der Waals surface area contributed by atoms with Crippen molar-refractivity contribution in [2.45, 2.75) is 0 Å². The van der Waals surface area contributed by atoms with Crippen LogP contribution in [0.3, 0.4) is 0 Å². The summed E-state index contributed by atoms with van der Waals surface area (Å²) < 4.78 is 0. The molecule has 0 aliphatic heterocycles. The summed E-state index contributed by atoms with van der Waals surface area (Å²) in [6.45, 7) is 0. The van der Waals surface area contributed by atoms with Gasteiger partial charge in [-0.2, -0.15) is 0 Å². The van der Waals surface area contributed by atoms with Gasteiger partial charge in [0.05, 0.1) is 11.2 Å². The number of hydrogen-bond donors (Lipinski definition) is 0. The van der Waals surface area contributed by atoms with Crippen molar-refractivity contribution in [3.63, 3.8) is 0 Å². The van der Waals surface area contributed by atoms with E-state index in [-0.39, 0.29) is 0 Å². The molecule has 4 rings (SSSR count). The van der Waals surface area contributed by atoms with E-state index in [4.69, 9.17) is 16.6 Å². The van der Waals surface area contributed by atoms with Gasteiger partial charge in [-0.15, -0.1) is 0 Å². The largest absolute Gasteiger partial charge is 0.248 e. The van der Waals surface area contributed by atoms with Crippen LogP contribution in [0.25, 0.3) is 33.3 Å². The van der Waals surface area contributed by atoms with Crippen LogP contribution in [0, 0.1) is 0 Å². The summed E-state index contributed by atoms with van der Waals surface area (Å²) in [5.41, 5.74) is 4.83. The summed E-state index contributed by atoms with van der Waals surface area (Å²) in [6, 6.07) is 17.9. The quantitative estimate of drug-likeness (QED) is 0.521. The van der Waals surface area contributed by atoms with Gasteiger partial charge >= 0.3 is 0 Å². The Kier molecular flexibility index (Phi) is 3.48. The molecule has 0 saturated carbocycles. The average Bonchev–Trinajstić information content (AvgIpc) is 2.62. The Morgan fingerprint density at radius 1 is 0.783 bits per heavy atom. The van der Waals surface area contributed by atoms with Crippen molar-refractivity contribution in [3.8, 4) is 22.4 Å². The Balaban J connectivity index is 2.03. The maximum Gasteiger partial charge on any atom is 0.115 e. The lowest BCUT2D eigenvalue weighted by molar-refractivity contribution is 1.17. The standard InChI is InChI=1S/C19H12ClN3/c20-15-6-7-16-17(14-10-21-12-22-11-14)9-18(23-19(16)8-15)13-4-2-1-3-5-13/h1-12H. The molecule has 0 fully saturated rings. The molecular weight excluding hydrogens is 306 g/mol. The van der Waals surface area contributed by atoms with Gasteiger partial charge in [0.15, 0.2) is 0 Å². The number of aromatic nitrogens is 3. The monoisotopic (exact) mass is 317 g/mol. The molecule has 0 unspecified atom stereocenters. The minimum absolute atomic E-state index is 0.672. The third kappa shape index (κ3) is 2.67. The van der Waals surface area contributed by atoms with Crippen molar-refractivity contribution in [2.24, 2.45) is 0 Å². The molecule has 0 saturated heterocycles. The third-order valence-corrected chi connectivity index (χ3v) is 3.95. The lowest BCUT2D eigenvalue weighted by Crippen LogP contribution is -1.91. The first-order valence-electron chi connectivity index (χ1n) is 7.22. The Hall–Kier alpha value is -2.78. The summed E-state index contributed by atoms with van der Waals surface area (Å²) in [7, 11) is 0. The fourth-order valence-corrected chi connectivity index (χ4v) is 2.80. The fourth-order valence-electron chi connectivity index (χ4n) is 2.64. The molecule has 4 aromatic rings. The van der Waals surface area contributed by atoms with E-state index in [9.17, 15) is 0 Å². The van der Waals surface area contributed by atoms with Crippen LogP contribution in [0.15, 0.2) is 73.3 Å². The molecule has 0 bridgehead atoms. The number of nitrogens with zero attached hydrogens (tertiary/aromatic N) is 3. The third-order valence-electron chi connectivity index (χ3n) is 3.71. The fraction of sp³-hybridized carbons (Fsp3) is 0. The van der Waals surface area contributed by atoms with Gasteiger partial charge in [0, 0.05) is 33.9 Å².